The third kappa shape index (κ3) is 5.61. The number of nitrogens with two attached hydrogens (primary N) is 1. The van der Waals surface area contributed by atoms with Crippen molar-refractivity contribution in [3.8, 4) is 0 Å². The lowest BCUT2D eigenvalue weighted by atomic mass is 10.1. The smallest absolute Gasteiger partial charge is 0.322 e. The van der Waals surface area contributed by atoms with Gasteiger partial charge in [0.15, 0.2) is 0 Å². The summed E-state index contributed by atoms with van der Waals surface area (Å²) in [6, 6.07) is 1.98. The number of non-ortho nitro benzene ring substituents is 2. The van der Waals surface area contributed by atoms with Crippen molar-refractivity contribution in [2.75, 3.05) is 7.11 Å². The monoisotopic (exact) mass is 341 g/mol. The number of carbonyl (C=O) groups is 2. The van der Waals surface area contributed by atoms with Crippen molar-refractivity contribution < 1.29 is 28.9 Å². The number of hydrogen-bond donors (Lipinski definition) is 1. The molecule has 1 aromatic rings. The van der Waals surface area contributed by atoms with E-state index >= 15 is 0 Å². The van der Waals surface area contributed by atoms with E-state index in [1.807, 2.05) is 0 Å². The molecule has 11 heteroatoms. The lowest BCUT2D eigenvalue weighted by molar-refractivity contribution is -0.394. The lowest BCUT2D eigenvalue weighted by Crippen LogP contribution is -2.32. The van der Waals surface area contributed by atoms with Gasteiger partial charge in [-0.15, -0.1) is 0 Å². The summed E-state index contributed by atoms with van der Waals surface area (Å²) in [4.78, 5) is 42.6. The van der Waals surface area contributed by atoms with Crippen molar-refractivity contribution in [3.05, 3.63) is 44.0 Å². The number of nitrogens with zero attached hydrogens (tertiary/aromatic N) is 2. The van der Waals surface area contributed by atoms with Gasteiger partial charge in [0, 0.05) is 24.1 Å². The van der Waals surface area contributed by atoms with E-state index in [2.05, 4.69) is 4.74 Å². The van der Waals surface area contributed by atoms with Gasteiger partial charge in [0.2, 0.25) is 0 Å². The second-order valence-corrected chi connectivity index (χ2v) is 4.70. The van der Waals surface area contributed by atoms with Gasteiger partial charge in [0.1, 0.15) is 12.6 Å². The standard InChI is InChI=1S/C13H15N3O8/c1-23-13(18)11(14)2-3-12(17)24-7-8-4-9(15(19)20)6-10(5-8)16(21)22/h4-6,11H,2-3,7,14H2,1H3/t11-/m0/s1. The molecule has 0 aliphatic heterocycles. The zero-order valence-electron chi connectivity index (χ0n) is 12.7. The first-order valence-corrected chi connectivity index (χ1v) is 6.66. The molecule has 0 bridgehead atoms. The van der Waals surface area contributed by atoms with Gasteiger partial charge < -0.3 is 15.2 Å². The maximum Gasteiger partial charge on any atom is 0.322 e. The topological polar surface area (TPSA) is 165 Å². The van der Waals surface area contributed by atoms with Crippen molar-refractivity contribution in [1.29, 1.82) is 0 Å². The molecule has 0 radical (unpaired) electrons. The van der Waals surface area contributed by atoms with Gasteiger partial charge in [-0.1, -0.05) is 0 Å². The van der Waals surface area contributed by atoms with Crippen molar-refractivity contribution >= 4 is 23.3 Å². The Bertz CT molecular complexity index is 628. The van der Waals surface area contributed by atoms with Crippen molar-refractivity contribution in [1.82, 2.24) is 0 Å². The maximum atomic E-state index is 11.6. The van der Waals surface area contributed by atoms with Gasteiger partial charge in [0.05, 0.1) is 23.0 Å². The molecule has 24 heavy (non-hydrogen) atoms. The van der Waals surface area contributed by atoms with Gasteiger partial charge >= 0.3 is 11.9 Å². The normalized spacial score (nSPS) is 11.4. The highest BCUT2D eigenvalue weighted by atomic mass is 16.6. The number of carbonyl (C=O) groups excluding carboxylic acids is 2. The highest BCUT2D eigenvalue weighted by Crippen LogP contribution is 2.23. The molecule has 0 aliphatic carbocycles. The van der Waals surface area contributed by atoms with E-state index in [9.17, 15) is 29.8 Å². The molecule has 1 rings (SSSR count). The van der Waals surface area contributed by atoms with Crippen LogP contribution in [0.15, 0.2) is 18.2 Å². The summed E-state index contributed by atoms with van der Waals surface area (Å²) in [6.07, 6.45) is -0.173. The van der Waals surface area contributed by atoms with Crippen LogP contribution in [0.5, 0.6) is 0 Å². The van der Waals surface area contributed by atoms with Crippen molar-refractivity contribution in [2.45, 2.75) is 25.5 Å². The SMILES string of the molecule is COC(=O)[C@@H](N)CCC(=O)OCc1cc([N+](=O)[O-])cc([N+](=O)[O-])c1. The molecular weight excluding hydrogens is 326 g/mol. The average Bonchev–Trinajstić information content (AvgIpc) is 2.56. The molecule has 1 aromatic carbocycles. The van der Waals surface area contributed by atoms with Gasteiger partial charge in [-0.25, -0.2) is 0 Å². The molecule has 0 aromatic heterocycles. The summed E-state index contributed by atoms with van der Waals surface area (Å²) >= 11 is 0. The molecule has 0 fully saturated rings. The fourth-order valence-electron chi connectivity index (χ4n) is 1.73. The number of nitro benzene ring substituents is 2. The second kappa shape index (κ2) is 8.53. The molecule has 2 N–H and O–H groups in total. The predicted molar refractivity (Wildman–Crippen MR) is 78.8 cm³/mol. The van der Waals surface area contributed by atoms with Gasteiger partial charge in [-0.2, -0.15) is 0 Å². The van der Waals surface area contributed by atoms with E-state index < -0.39 is 39.2 Å². The minimum atomic E-state index is -0.971. The Morgan fingerprint density at radius 3 is 2.17 bits per heavy atom. The zero-order chi connectivity index (χ0) is 18.3. The number of benzene rings is 1. The lowest BCUT2D eigenvalue weighted by Gasteiger charge is -2.09. The Morgan fingerprint density at radius 1 is 1.17 bits per heavy atom. The van der Waals surface area contributed by atoms with Crippen LogP contribution in [0.4, 0.5) is 11.4 Å². The van der Waals surface area contributed by atoms with Crippen LogP contribution in [0.1, 0.15) is 18.4 Å². The summed E-state index contributed by atoms with van der Waals surface area (Å²) in [5.41, 5.74) is 4.59. The quantitative estimate of drug-likeness (QED) is 0.409. The average molecular weight is 341 g/mol. The molecule has 0 unspecified atom stereocenters. The molecular formula is C13H15N3O8. The molecule has 0 saturated carbocycles. The predicted octanol–water partition coefficient (Wildman–Crippen LogP) is 0.827. The molecule has 1 atom stereocenters. The maximum absolute atomic E-state index is 11.6. The number of rotatable bonds is 8. The highest BCUT2D eigenvalue weighted by Gasteiger charge is 2.18. The van der Waals surface area contributed by atoms with Gasteiger partial charge in [0.25, 0.3) is 11.4 Å². The summed E-state index contributed by atoms with van der Waals surface area (Å²) < 4.78 is 9.27. The van der Waals surface area contributed by atoms with Crippen molar-refractivity contribution in [2.24, 2.45) is 5.73 Å². The number of methoxy groups -OCH3 is 1. The van der Waals surface area contributed by atoms with E-state index in [0.29, 0.717) is 0 Å². The van der Waals surface area contributed by atoms with E-state index in [1.165, 1.54) is 0 Å². The fraction of sp³-hybridized carbons (Fsp3) is 0.385. The molecule has 11 nitrogen and oxygen atoms in total. The van der Waals surface area contributed by atoms with Crippen LogP contribution in [-0.4, -0.2) is 34.9 Å². The number of nitro groups is 2. The third-order valence-corrected chi connectivity index (χ3v) is 2.95. The van der Waals surface area contributed by atoms with Crippen LogP contribution < -0.4 is 5.73 Å². The zero-order valence-corrected chi connectivity index (χ0v) is 12.7. The Hall–Kier alpha value is -3.08. The minimum Gasteiger partial charge on any atom is -0.468 e. The Labute approximate surface area is 135 Å². The fourth-order valence-corrected chi connectivity index (χ4v) is 1.73. The van der Waals surface area contributed by atoms with Crippen LogP contribution >= 0.6 is 0 Å². The third-order valence-electron chi connectivity index (χ3n) is 2.95. The second-order valence-electron chi connectivity index (χ2n) is 4.70. The van der Waals surface area contributed by atoms with Crippen LogP contribution in [0, 0.1) is 20.2 Å². The molecule has 0 aliphatic rings. The first-order valence-electron chi connectivity index (χ1n) is 6.66. The Morgan fingerprint density at radius 2 is 1.71 bits per heavy atom. The van der Waals surface area contributed by atoms with E-state index in [-0.39, 0.29) is 25.0 Å². The molecule has 0 amide bonds. The van der Waals surface area contributed by atoms with E-state index in [1.54, 1.807) is 0 Å². The number of ether oxygens (including phenoxy) is 2. The van der Waals surface area contributed by atoms with Gasteiger partial charge in [-0.3, -0.25) is 29.8 Å². The van der Waals surface area contributed by atoms with Crippen molar-refractivity contribution in [3.63, 3.8) is 0 Å². The van der Waals surface area contributed by atoms with E-state index in [0.717, 1.165) is 25.3 Å². The molecule has 0 spiro atoms. The summed E-state index contributed by atoms with van der Waals surface area (Å²) in [6.45, 7) is -0.380. The van der Waals surface area contributed by atoms with Crippen LogP contribution in [-0.2, 0) is 25.7 Å². The van der Waals surface area contributed by atoms with Crippen LogP contribution in [0.2, 0.25) is 0 Å². The summed E-state index contributed by atoms with van der Waals surface area (Å²) in [7, 11) is 1.16. The molecule has 0 saturated heterocycles. The minimum absolute atomic E-state index is 0.000587. The Balaban J connectivity index is 2.66. The van der Waals surface area contributed by atoms with E-state index in [4.69, 9.17) is 10.5 Å². The summed E-state index contributed by atoms with van der Waals surface area (Å²) in [5.74, 6) is -1.37. The van der Waals surface area contributed by atoms with Crippen LogP contribution in [0.25, 0.3) is 0 Å². The number of esters is 2. The van der Waals surface area contributed by atoms with Gasteiger partial charge in [-0.05, 0) is 6.42 Å². The number of hydrogen-bond acceptors (Lipinski definition) is 9. The highest BCUT2D eigenvalue weighted by molar-refractivity contribution is 5.76. The first kappa shape index (κ1) is 19.0. The largest absolute Gasteiger partial charge is 0.468 e. The first-order chi connectivity index (χ1) is 11.2. The Kier molecular flexibility index (Phi) is 6.74. The molecule has 130 valence electrons. The molecule has 0 heterocycles. The van der Waals surface area contributed by atoms with Crippen LogP contribution in [0.3, 0.4) is 0 Å². The summed E-state index contributed by atoms with van der Waals surface area (Å²) in [5, 5.41) is 21.5.